The topological polar surface area (TPSA) is 38.8 Å². The summed E-state index contributed by atoms with van der Waals surface area (Å²) in [5.41, 5.74) is 1.17. The minimum Gasteiger partial charge on any atom is -0.454 e. The van der Waals surface area contributed by atoms with Crippen LogP contribution in [0.3, 0.4) is 0 Å². The number of likely N-dealkylation sites (tertiary alicyclic amines) is 1. The van der Waals surface area contributed by atoms with Crippen LogP contribution in [0.4, 0.5) is 0 Å². The average molecular weight is 287 g/mol. The lowest BCUT2D eigenvalue weighted by atomic mass is 10.1. The molecule has 1 fully saturated rings. The highest BCUT2D eigenvalue weighted by atomic mass is 16.7. The first-order valence-corrected chi connectivity index (χ1v) is 7.64. The third-order valence-electron chi connectivity index (χ3n) is 3.96. The third kappa shape index (κ3) is 3.57. The smallest absolute Gasteiger partial charge is 0.231 e. The van der Waals surface area contributed by atoms with Gasteiger partial charge in [0.15, 0.2) is 11.5 Å². The summed E-state index contributed by atoms with van der Waals surface area (Å²) >= 11 is 0. The van der Waals surface area contributed by atoms with Crippen LogP contribution in [0.25, 0.3) is 0 Å². The zero-order chi connectivity index (χ0) is 14.5. The molecular weight excluding hydrogens is 266 g/mol. The number of ether oxygens (including phenoxy) is 2. The molecule has 2 aliphatic heterocycles. The lowest BCUT2D eigenvalue weighted by Crippen LogP contribution is -2.35. The Morgan fingerprint density at radius 2 is 1.90 bits per heavy atom. The Balaban J connectivity index is 1.47. The van der Waals surface area contributed by atoms with Gasteiger partial charge < -0.3 is 14.4 Å². The molecule has 4 heteroatoms. The molecule has 0 radical (unpaired) electrons. The van der Waals surface area contributed by atoms with Crippen LogP contribution in [0.2, 0.25) is 0 Å². The molecule has 1 aromatic carbocycles. The molecule has 4 nitrogen and oxygen atoms in total. The molecule has 3 rings (SSSR count). The van der Waals surface area contributed by atoms with Crippen LogP contribution in [0, 0.1) is 0 Å². The minimum atomic E-state index is 0.247. The van der Waals surface area contributed by atoms with Crippen LogP contribution in [0.1, 0.15) is 31.2 Å². The second-order valence-electron chi connectivity index (χ2n) is 5.51. The molecule has 21 heavy (non-hydrogen) atoms. The van der Waals surface area contributed by atoms with Crippen molar-refractivity contribution in [1.82, 2.24) is 4.90 Å². The summed E-state index contributed by atoms with van der Waals surface area (Å²) in [5.74, 6) is 1.87. The number of hydrogen-bond donors (Lipinski definition) is 0. The lowest BCUT2D eigenvalue weighted by molar-refractivity contribution is -0.131. The molecular formula is C17H21NO3. The molecule has 0 N–H and O–H groups in total. The Hall–Kier alpha value is -1.97. The molecule has 0 unspecified atom stereocenters. The van der Waals surface area contributed by atoms with Gasteiger partial charge in [-0.25, -0.2) is 0 Å². The predicted molar refractivity (Wildman–Crippen MR) is 80.5 cm³/mol. The van der Waals surface area contributed by atoms with Gasteiger partial charge in [-0.3, -0.25) is 4.79 Å². The first kappa shape index (κ1) is 14.0. The first-order valence-electron chi connectivity index (χ1n) is 7.64. The highest BCUT2D eigenvalue weighted by Gasteiger charge is 2.15. The fourth-order valence-electron chi connectivity index (χ4n) is 2.74. The van der Waals surface area contributed by atoms with Crippen molar-refractivity contribution in [1.29, 1.82) is 0 Å². The molecule has 0 aliphatic carbocycles. The SMILES string of the molecule is O=C(C/C=C\Cc1ccc2c(c1)OCO2)N1CCCCC1. The van der Waals surface area contributed by atoms with Crippen molar-refractivity contribution in [2.24, 2.45) is 0 Å². The lowest BCUT2D eigenvalue weighted by Gasteiger charge is -2.26. The monoisotopic (exact) mass is 287 g/mol. The second kappa shape index (κ2) is 6.66. The van der Waals surface area contributed by atoms with E-state index in [0.717, 1.165) is 43.9 Å². The summed E-state index contributed by atoms with van der Waals surface area (Å²) in [7, 11) is 0. The van der Waals surface area contributed by atoms with Crippen LogP contribution in [0.5, 0.6) is 11.5 Å². The van der Waals surface area contributed by atoms with Crippen molar-refractivity contribution in [3.05, 3.63) is 35.9 Å². The maximum Gasteiger partial charge on any atom is 0.231 e. The van der Waals surface area contributed by atoms with Gasteiger partial charge in [0.1, 0.15) is 0 Å². The van der Waals surface area contributed by atoms with E-state index < -0.39 is 0 Å². The molecule has 0 bridgehead atoms. The Kier molecular flexibility index (Phi) is 4.43. The summed E-state index contributed by atoms with van der Waals surface area (Å²) in [4.78, 5) is 14.0. The highest BCUT2D eigenvalue weighted by Crippen LogP contribution is 2.32. The van der Waals surface area contributed by atoms with Crippen LogP contribution in [0.15, 0.2) is 30.4 Å². The van der Waals surface area contributed by atoms with Crippen LogP contribution in [-0.2, 0) is 11.2 Å². The normalized spacial score (nSPS) is 17.4. The van der Waals surface area contributed by atoms with E-state index in [1.165, 1.54) is 12.0 Å². The molecule has 112 valence electrons. The van der Waals surface area contributed by atoms with E-state index in [9.17, 15) is 4.79 Å². The van der Waals surface area contributed by atoms with E-state index in [1.54, 1.807) is 0 Å². The van der Waals surface area contributed by atoms with E-state index in [2.05, 4.69) is 6.08 Å². The van der Waals surface area contributed by atoms with Crippen LogP contribution >= 0.6 is 0 Å². The van der Waals surface area contributed by atoms with E-state index in [4.69, 9.17) is 9.47 Å². The van der Waals surface area contributed by atoms with E-state index in [-0.39, 0.29) is 5.91 Å². The van der Waals surface area contributed by atoms with Gasteiger partial charge in [-0.2, -0.15) is 0 Å². The Morgan fingerprint density at radius 3 is 2.76 bits per heavy atom. The van der Waals surface area contributed by atoms with Gasteiger partial charge in [0, 0.05) is 19.5 Å². The molecule has 1 aromatic rings. The fourth-order valence-corrected chi connectivity index (χ4v) is 2.74. The average Bonchev–Trinajstić information content (AvgIpc) is 3.00. The molecule has 0 spiro atoms. The molecule has 0 saturated carbocycles. The maximum absolute atomic E-state index is 12.0. The number of amides is 1. The standard InChI is InChI=1S/C17H21NO3/c19-17(18-10-4-1-5-11-18)7-3-2-6-14-8-9-15-16(12-14)21-13-20-15/h2-3,8-9,12H,1,4-7,10-11,13H2/b3-2-. The van der Waals surface area contributed by atoms with Crippen molar-refractivity contribution < 1.29 is 14.3 Å². The predicted octanol–water partition coefficient (Wildman–Crippen LogP) is 2.92. The number of allylic oxidation sites excluding steroid dienone is 1. The van der Waals surface area contributed by atoms with Crippen molar-refractivity contribution in [2.45, 2.75) is 32.1 Å². The second-order valence-corrected chi connectivity index (χ2v) is 5.51. The summed E-state index contributed by atoms with van der Waals surface area (Å²) < 4.78 is 10.6. The van der Waals surface area contributed by atoms with Gasteiger partial charge in [-0.1, -0.05) is 18.2 Å². The maximum atomic E-state index is 12.0. The van der Waals surface area contributed by atoms with Crippen molar-refractivity contribution in [3.63, 3.8) is 0 Å². The van der Waals surface area contributed by atoms with Gasteiger partial charge in [0.05, 0.1) is 0 Å². The highest BCUT2D eigenvalue weighted by molar-refractivity contribution is 5.77. The third-order valence-corrected chi connectivity index (χ3v) is 3.96. The Bertz CT molecular complexity index is 533. The quantitative estimate of drug-likeness (QED) is 0.799. The van der Waals surface area contributed by atoms with Crippen molar-refractivity contribution in [2.75, 3.05) is 19.9 Å². The molecule has 1 amide bonds. The number of rotatable bonds is 4. The fraction of sp³-hybridized carbons (Fsp3) is 0.471. The zero-order valence-electron chi connectivity index (χ0n) is 12.2. The van der Waals surface area contributed by atoms with Crippen molar-refractivity contribution in [3.8, 4) is 11.5 Å². The number of carbonyl (C=O) groups excluding carboxylic acids is 1. The Morgan fingerprint density at radius 1 is 1.10 bits per heavy atom. The van der Waals surface area contributed by atoms with Gasteiger partial charge >= 0.3 is 0 Å². The summed E-state index contributed by atoms with van der Waals surface area (Å²) in [6.45, 7) is 2.16. The minimum absolute atomic E-state index is 0.247. The zero-order valence-corrected chi connectivity index (χ0v) is 12.2. The molecule has 0 atom stereocenters. The number of fused-ring (bicyclic) bond motifs is 1. The first-order chi connectivity index (χ1) is 10.3. The number of hydrogen-bond acceptors (Lipinski definition) is 3. The van der Waals surface area contributed by atoms with E-state index in [0.29, 0.717) is 13.2 Å². The summed E-state index contributed by atoms with van der Waals surface area (Å²) in [6.07, 6.45) is 8.89. The van der Waals surface area contributed by atoms with E-state index >= 15 is 0 Å². The van der Waals surface area contributed by atoms with Gasteiger partial charge in [0.25, 0.3) is 0 Å². The molecule has 0 aromatic heterocycles. The number of piperidine rings is 1. The van der Waals surface area contributed by atoms with Crippen LogP contribution < -0.4 is 9.47 Å². The largest absolute Gasteiger partial charge is 0.454 e. The Labute approximate surface area is 125 Å². The number of benzene rings is 1. The molecule has 1 saturated heterocycles. The van der Waals surface area contributed by atoms with Gasteiger partial charge in [0.2, 0.25) is 12.7 Å². The van der Waals surface area contributed by atoms with Gasteiger partial charge in [-0.05, 0) is 43.4 Å². The van der Waals surface area contributed by atoms with Gasteiger partial charge in [-0.15, -0.1) is 0 Å². The summed E-state index contributed by atoms with van der Waals surface area (Å²) in [5, 5.41) is 0. The number of nitrogens with zero attached hydrogens (tertiary/aromatic N) is 1. The van der Waals surface area contributed by atoms with E-state index in [1.807, 2.05) is 29.2 Å². The molecule has 2 aliphatic rings. The summed E-state index contributed by atoms with van der Waals surface area (Å²) in [6, 6.07) is 5.97. The van der Waals surface area contributed by atoms with Crippen LogP contribution in [-0.4, -0.2) is 30.7 Å². The number of carbonyl (C=O) groups is 1. The molecule has 2 heterocycles. The van der Waals surface area contributed by atoms with Crippen molar-refractivity contribution >= 4 is 5.91 Å².